The molecule has 0 radical (unpaired) electrons. The Hall–Kier alpha value is -2.49. The fraction of sp³-hybridized carbons (Fsp3) is 0.133. The highest BCUT2D eigenvalue weighted by atomic mass is 16.5. The van der Waals surface area contributed by atoms with Gasteiger partial charge in [0.2, 0.25) is 0 Å². The van der Waals surface area contributed by atoms with Crippen LogP contribution >= 0.6 is 0 Å². The molecule has 4 nitrogen and oxygen atoms in total. The molecule has 0 aliphatic carbocycles. The highest BCUT2D eigenvalue weighted by molar-refractivity contribution is 5.97. The van der Waals surface area contributed by atoms with Crippen molar-refractivity contribution in [3.05, 3.63) is 65.7 Å². The van der Waals surface area contributed by atoms with Crippen LogP contribution in [0.25, 0.3) is 0 Å². The zero-order chi connectivity index (χ0) is 13.5. The lowest BCUT2D eigenvalue weighted by molar-refractivity contribution is 0.1000. The zero-order valence-corrected chi connectivity index (χ0v) is 10.4. The van der Waals surface area contributed by atoms with Gasteiger partial charge in [0.05, 0.1) is 0 Å². The van der Waals surface area contributed by atoms with E-state index in [0.717, 1.165) is 5.56 Å². The maximum atomic E-state index is 11.5. The number of rotatable bonds is 6. The van der Waals surface area contributed by atoms with Crippen molar-refractivity contribution in [2.45, 2.75) is 6.61 Å². The van der Waals surface area contributed by atoms with Gasteiger partial charge < -0.3 is 4.74 Å². The highest BCUT2D eigenvalue weighted by Gasteiger charge is 2.04. The molecule has 0 saturated heterocycles. The van der Waals surface area contributed by atoms with Crippen LogP contribution in [-0.2, 0) is 6.61 Å². The Balaban J connectivity index is 1.95. The van der Waals surface area contributed by atoms with Crippen LogP contribution in [0.15, 0.2) is 59.7 Å². The fourth-order valence-electron chi connectivity index (χ4n) is 1.64. The normalized spacial score (nSPS) is 9.89. The number of hydrogen-bond acceptors (Lipinski definition) is 4. The summed E-state index contributed by atoms with van der Waals surface area (Å²) in [6.07, 6.45) is 0. The van der Waals surface area contributed by atoms with Gasteiger partial charge in [-0.3, -0.25) is 4.79 Å². The Morgan fingerprint density at radius 1 is 1.05 bits per heavy atom. The van der Waals surface area contributed by atoms with E-state index in [2.05, 4.69) is 5.11 Å². The molecular weight excluding hydrogens is 240 g/mol. The van der Waals surface area contributed by atoms with Crippen molar-refractivity contribution in [2.75, 3.05) is 6.54 Å². The van der Waals surface area contributed by atoms with Crippen molar-refractivity contribution in [2.24, 2.45) is 5.11 Å². The molecule has 96 valence electrons. The molecule has 0 heterocycles. The molecule has 0 aliphatic heterocycles. The van der Waals surface area contributed by atoms with Gasteiger partial charge in [0.15, 0.2) is 5.78 Å². The molecule has 0 aromatic heterocycles. The lowest BCUT2D eigenvalue weighted by Gasteiger charge is -2.06. The number of ether oxygens (including phenoxy) is 1. The number of carbonyl (C=O) groups is 1. The number of nitrogens with one attached hydrogen (secondary N) is 1. The largest absolute Gasteiger partial charge is 0.489 e. The third-order valence-corrected chi connectivity index (χ3v) is 2.65. The molecule has 0 spiro atoms. The average Bonchev–Trinajstić information content (AvgIpc) is 2.47. The fourth-order valence-corrected chi connectivity index (χ4v) is 1.64. The molecule has 2 aromatic rings. The summed E-state index contributed by atoms with van der Waals surface area (Å²) in [5.41, 5.74) is 8.30. The molecule has 1 N–H and O–H groups in total. The molecule has 0 fully saturated rings. The van der Waals surface area contributed by atoms with Crippen molar-refractivity contribution in [3.63, 3.8) is 0 Å². The third-order valence-electron chi connectivity index (χ3n) is 2.65. The Morgan fingerprint density at radius 2 is 1.74 bits per heavy atom. The molecule has 0 amide bonds. The average molecular weight is 254 g/mol. The van der Waals surface area contributed by atoms with E-state index >= 15 is 0 Å². The number of Topliss-reactive ketones (excluding diaryl/α,β-unsaturated/α-hetero) is 1. The van der Waals surface area contributed by atoms with Crippen LogP contribution in [0.1, 0.15) is 15.9 Å². The Labute approximate surface area is 111 Å². The minimum atomic E-state index is -0.162. The van der Waals surface area contributed by atoms with Crippen LogP contribution in [0.3, 0.4) is 0 Å². The van der Waals surface area contributed by atoms with Crippen molar-refractivity contribution < 1.29 is 9.53 Å². The van der Waals surface area contributed by atoms with Crippen LogP contribution in [-0.4, -0.2) is 12.3 Å². The van der Waals surface area contributed by atoms with Gasteiger partial charge in [-0.25, -0.2) is 5.53 Å². The summed E-state index contributed by atoms with van der Waals surface area (Å²) < 4.78 is 5.61. The van der Waals surface area contributed by atoms with E-state index in [0.29, 0.717) is 17.9 Å². The van der Waals surface area contributed by atoms with Crippen molar-refractivity contribution in [1.29, 1.82) is 5.53 Å². The van der Waals surface area contributed by atoms with Crippen molar-refractivity contribution in [3.8, 4) is 5.75 Å². The Kier molecular flexibility index (Phi) is 4.39. The van der Waals surface area contributed by atoms with Gasteiger partial charge in [-0.1, -0.05) is 30.3 Å². The van der Waals surface area contributed by atoms with Crippen LogP contribution in [0, 0.1) is 5.53 Å². The quantitative estimate of drug-likeness (QED) is 0.633. The first kappa shape index (κ1) is 13.0. The second kappa shape index (κ2) is 6.44. The smallest absolute Gasteiger partial charge is 0.186 e. The molecular formula is C15H14N2O2. The molecule has 0 saturated carbocycles. The SMILES string of the molecule is N=NCC(=O)c1ccc(OCc2ccccc2)cc1. The first-order valence-electron chi connectivity index (χ1n) is 5.93. The minimum Gasteiger partial charge on any atom is -0.489 e. The lowest BCUT2D eigenvalue weighted by atomic mass is 10.1. The summed E-state index contributed by atoms with van der Waals surface area (Å²) in [5.74, 6) is 0.549. The van der Waals surface area contributed by atoms with Crippen LogP contribution < -0.4 is 4.74 Å². The Morgan fingerprint density at radius 3 is 2.37 bits per heavy atom. The van der Waals surface area contributed by atoms with E-state index in [1.165, 1.54) is 0 Å². The van der Waals surface area contributed by atoms with Gasteiger partial charge in [0.25, 0.3) is 0 Å². The van der Waals surface area contributed by atoms with Gasteiger partial charge in [-0.2, -0.15) is 5.11 Å². The topological polar surface area (TPSA) is 62.5 Å². The van der Waals surface area contributed by atoms with Crippen LogP contribution in [0.5, 0.6) is 5.75 Å². The molecule has 4 heteroatoms. The van der Waals surface area contributed by atoms with Crippen molar-refractivity contribution >= 4 is 5.78 Å². The summed E-state index contributed by atoms with van der Waals surface area (Å²) in [7, 11) is 0. The van der Waals surface area contributed by atoms with E-state index in [1.54, 1.807) is 24.3 Å². The number of carbonyl (C=O) groups excluding carboxylic acids is 1. The number of benzene rings is 2. The number of ketones is 1. The highest BCUT2D eigenvalue weighted by Crippen LogP contribution is 2.14. The molecule has 2 rings (SSSR count). The standard InChI is InChI=1S/C15H14N2O2/c16-17-10-15(18)13-6-8-14(9-7-13)19-11-12-4-2-1-3-5-12/h1-9,16H,10-11H2. The van der Waals surface area contributed by atoms with Gasteiger partial charge in [0, 0.05) is 5.56 Å². The van der Waals surface area contributed by atoms with E-state index in [-0.39, 0.29) is 12.3 Å². The minimum absolute atomic E-state index is 0.107. The predicted octanol–water partition coefficient (Wildman–Crippen LogP) is 3.48. The first-order chi connectivity index (χ1) is 9.29. The Bertz CT molecular complexity index is 550. The summed E-state index contributed by atoms with van der Waals surface area (Å²) in [6, 6.07) is 16.8. The van der Waals surface area contributed by atoms with E-state index in [9.17, 15) is 4.79 Å². The summed E-state index contributed by atoms with van der Waals surface area (Å²) in [6.45, 7) is 0.389. The van der Waals surface area contributed by atoms with Crippen molar-refractivity contribution in [1.82, 2.24) is 0 Å². The van der Waals surface area contributed by atoms with E-state index in [4.69, 9.17) is 10.3 Å². The summed E-state index contributed by atoms with van der Waals surface area (Å²) in [5, 5.41) is 3.08. The number of hydrogen-bond donors (Lipinski definition) is 1. The number of nitrogens with zero attached hydrogens (tertiary/aromatic N) is 1. The second-order valence-electron chi connectivity index (χ2n) is 4.04. The second-order valence-corrected chi connectivity index (χ2v) is 4.04. The van der Waals surface area contributed by atoms with E-state index in [1.807, 2.05) is 30.3 Å². The zero-order valence-electron chi connectivity index (χ0n) is 10.4. The molecule has 0 aliphatic rings. The molecule has 0 atom stereocenters. The monoisotopic (exact) mass is 254 g/mol. The van der Waals surface area contributed by atoms with Gasteiger partial charge in [0.1, 0.15) is 18.9 Å². The van der Waals surface area contributed by atoms with Crippen LogP contribution in [0.2, 0.25) is 0 Å². The third kappa shape index (κ3) is 3.74. The molecule has 0 unspecified atom stereocenters. The molecule has 19 heavy (non-hydrogen) atoms. The predicted molar refractivity (Wildman–Crippen MR) is 71.6 cm³/mol. The first-order valence-corrected chi connectivity index (χ1v) is 5.93. The maximum absolute atomic E-state index is 11.5. The van der Waals surface area contributed by atoms with Gasteiger partial charge >= 0.3 is 0 Å². The van der Waals surface area contributed by atoms with Crippen LogP contribution in [0.4, 0.5) is 0 Å². The van der Waals surface area contributed by atoms with Gasteiger partial charge in [-0.05, 0) is 29.8 Å². The molecule has 2 aromatic carbocycles. The van der Waals surface area contributed by atoms with Gasteiger partial charge in [-0.15, -0.1) is 0 Å². The maximum Gasteiger partial charge on any atom is 0.186 e. The summed E-state index contributed by atoms with van der Waals surface area (Å²) in [4.78, 5) is 11.5. The molecule has 0 bridgehead atoms. The summed E-state index contributed by atoms with van der Waals surface area (Å²) >= 11 is 0. The lowest BCUT2D eigenvalue weighted by Crippen LogP contribution is -2.02. The van der Waals surface area contributed by atoms with E-state index < -0.39 is 0 Å².